The van der Waals surface area contributed by atoms with Gasteiger partial charge in [-0.2, -0.15) is 0 Å². The number of pyridine rings is 1. The Kier molecular flexibility index (Phi) is 14.0. The van der Waals surface area contributed by atoms with E-state index in [1.165, 1.54) is 27.0 Å². The van der Waals surface area contributed by atoms with Crippen LogP contribution in [-0.4, -0.2) is 126 Å². The summed E-state index contributed by atoms with van der Waals surface area (Å²) >= 11 is 0. The van der Waals surface area contributed by atoms with Crippen molar-refractivity contribution in [3.05, 3.63) is 46.2 Å². The van der Waals surface area contributed by atoms with Gasteiger partial charge in [0.1, 0.15) is 12.2 Å². The summed E-state index contributed by atoms with van der Waals surface area (Å²) in [5.74, 6) is 0.557. The van der Waals surface area contributed by atoms with Gasteiger partial charge in [0.05, 0.1) is 23.5 Å². The second kappa shape index (κ2) is 18.1. The zero-order chi connectivity index (χ0) is 43.6. The molecule has 3 aliphatic rings. The van der Waals surface area contributed by atoms with E-state index in [2.05, 4.69) is 22.0 Å². The van der Waals surface area contributed by atoms with Crippen molar-refractivity contribution in [2.24, 2.45) is 22.9 Å². The molecule has 16 heteroatoms. The number of benzene rings is 1. The van der Waals surface area contributed by atoms with Gasteiger partial charge in [-0.15, -0.1) is 0 Å². The minimum Gasteiger partial charge on any atom is -0.455 e. The van der Waals surface area contributed by atoms with Crippen LogP contribution in [0.1, 0.15) is 80.2 Å². The number of carbonyl (C=O) groups is 3. The van der Waals surface area contributed by atoms with Crippen LogP contribution in [0.25, 0.3) is 10.9 Å². The monoisotopic (exact) mass is 827 g/mol. The molecule has 15 nitrogen and oxygen atoms in total. The van der Waals surface area contributed by atoms with Gasteiger partial charge in [-0.05, 0) is 79.3 Å². The predicted octanol–water partition coefficient (Wildman–Crippen LogP) is 4.69. The number of methoxy groups -OCH3 is 1. The van der Waals surface area contributed by atoms with Gasteiger partial charge < -0.3 is 48.2 Å². The highest BCUT2D eigenvalue weighted by molar-refractivity contribution is 6.08. The third-order valence-electron chi connectivity index (χ3n) is 12.1. The number of nitrogens with one attached hydrogen (secondary N) is 1. The Balaban J connectivity index is 1.57. The number of carbonyl (C=O) groups excluding carboxylic acids is 3. The van der Waals surface area contributed by atoms with Crippen LogP contribution in [0.2, 0.25) is 0 Å². The number of oxime groups is 1. The maximum atomic E-state index is 16.8. The lowest BCUT2D eigenvalue weighted by Gasteiger charge is -2.47. The van der Waals surface area contributed by atoms with Gasteiger partial charge in [-0.25, -0.2) is 14.0 Å². The fourth-order valence-corrected chi connectivity index (χ4v) is 8.76. The Labute approximate surface area is 344 Å². The molecule has 5 rings (SSSR count). The number of fused-ring (bicyclic) bond motifs is 2. The van der Waals surface area contributed by atoms with Crippen LogP contribution < -0.4 is 5.43 Å². The highest BCUT2D eigenvalue weighted by Crippen LogP contribution is 2.43. The summed E-state index contributed by atoms with van der Waals surface area (Å²) in [6.45, 7) is 12.4. The number of aromatic nitrogens is 1. The number of cyclic esters (lactones) is 1. The molecule has 13 atom stereocenters. The van der Waals surface area contributed by atoms with E-state index >= 15 is 4.39 Å². The first kappa shape index (κ1) is 45.7. The molecular weight excluding hydrogens is 769 g/mol. The molecule has 0 aliphatic carbocycles. The second-order valence-corrected chi connectivity index (χ2v) is 16.8. The number of esters is 1. The largest absolute Gasteiger partial charge is 0.509 e. The van der Waals surface area contributed by atoms with Gasteiger partial charge in [-0.3, -0.25) is 9.59 Å². The zero-order valence-corrected chi connectivity index (χ0v) is 35.7. The molecule has 3 aliphatic heterocycles. The smallest absolute Gasteiger partial charge is 0.455 e. The number of aromatic amines is 1. The number of hydrogen-bond acceptors (Lipinski definition) is 14. The van der Waals surface area contributed by atoms with Crippen molar-refractivity contribution in [1.82, 2.24) is 9.88 Å². The number of Topliss-reactive ketones (excluding diaryl/α,β-unsaturated/α-hetero) is 1. The number of H-pyrrole nitrogens is 1. The minimum atomic E-state index is -3.19. The summed E-state index contributed by atoms with van der Waals surface area (Å²) in [5.41, 5.74) is -4.78. The number of rotatable bonds is 7. The third-order valence-corrected chi connectivity index (χ3v) is 12.1. The summed E-state index contributed by atoms with van der Waals surface area (Å²) < 4.78 is 52.7. The van der Waals surface area contributed by atoms with Crippen molar-refractivity contribution in [3.63, 3.8) is 0 Å². The van der Waals surface area contributed by atoms with Crippen molar-refractivity contribution < 1.29 is 57.1 Å². The van der Waals surface area contributed by atoms with Crippen molar-refractivity contribution in [1.29, 1.82) is 0 Å². The van der Waals surface area contributed by atoms with Crippen LogP contribution in [0.15, 0.2) is 40.4 Å². The summed E-state index contributed by atoms with van der Waals surface area (Å²) in [6.07, 6.45) is -5.30. The quantitative estimate of drug-likeness (QED) is 0.129. The van der Waals surface area contributed by atoms with Gasteiger partial charge in [0.2, 0.25) is 0 Å². The molecule has 3 saturated heterocycles. The molecule has 3 fully saturated rings. The van der Waals surface area contributed by atoms with E-state index in [9.17, 15) is 24.3 Å². The molecule has 4 heterocycles. The number of aliphatic hydroxyl groups excluding tert-OH is 1. The molecule has 0 bridgehead atoms. The Bertz CT molecular complexity index is 2030. The molecular formula is C43H58FN3O12. The van der Waals surface area contributed by atoms with E-state index in [1.807, 2.05) is 32.8 Å². The van der Waals surface area contributed by atoms with Gasteiger partial charge in [0, 0.05) is 59.6 Å². The average molecular weight is 828 g/mol. The number of ketones is 1. The average Bonchev–Trinajstić information content (AvgIpc) is 3.50. The van der Waals surface area contributed by atoms with Crippen LogP contribution in [0.4, 0.5) is 9.18 Å². The number of alkyl halides is 1. The Morgan fingerprint density at radius 1 is 1.05 bits per heavy atom. The third kappa shape index (κ3) is 9.34. The number of halogens is 1. The van der Waals surface area contributed by atoms with Crippen molar-refractivity contribution in [2.75, 3.05) is 27.8 Å². The lowest BCUT2D eigenvalue weighted by atomic mass is 9.73. The Morgan fingerprint density at radius 3 is 2.42 bits per heavy atom. The summed E-state index contributed by atoms with van der Waals surface area (Å²) in [7, 11) is 5.05. The maximum Gasteiger partial charge on any atom is 0.509 e. The summed E-state index contributed by atoms with van der Waals surface area (Å²) in [6, 6.07) is 6.28. The van der Waals surface area contributed by atoms with Gasteiger partial charge in [0.25, 0.3) is 5.67 Å². The SMILES string of the molecule is CC[C@H]1OC(=O)[C@@](C)(F)C(=O)[C@H](C)[C@@H](O[C@@H]2O[C@H](C)C[C@H](N(C)C)[C@H]2O)[C@](C)(OC)C[C@@H](C)/C(=N\OCC#Cc2ccc3[nH]ccc(=O)c3c2)[C@H](C)[C@H]2OC(=O)O[C@@]21C. The van der Waals surface area contributed by atoms with Gasteiger partial charge in [-0.1, -0.05) is 44.7 Å². The maximum absolute atomic E-state index is 16.8. The van der Waals surface area contributed by atoms with Gasteiger partial charge in [0.15, 0.2) is 35.8 Å². The number of nitrogens with zero attached hydrogens (tertiary/aromatic N) is 2. The molecule has 0 amide bonds. The van der Waals surface area contributed by atoms with E-state index in [1.54, 1.807) is 45.2 Å². The first-order chi connectivity index (χ1) is 27.7. The van der Waals surface area contributed by atoms with E-state index in [-0.39, 0.29) is 37.0 Å². The fraction of sp³-hybridized carbons (Fsp3) is 0.651. The first-order valence-electron chi connectivity index (χ1n) is 20.0. The topological polar surface area (TPSA) is 185 Å². The number of hydrogen-bond donors (Lipinski definition) is 2. The standard InChI is InChI=1S/C43H58FN3O12/c1-12-32-43(8)37(58-40(52)59-43)25(4)33(46-54-19-13-14-27-15-16-29-28(21-27)31(48)17-18-45-29)23(2)22-41(6,53-11)36(26(5)35(50)42(7,44)39(51)56-32)57-38-34(49)30(47(9)10)20-24(3)55-38/h15-18,21,23-26,30,32,34,36-38,49H,12,19-20,22H2,1-11H3,(H,45,48)/b46-33+/t23-,24-,25+,26+,30+,32-,34-,36-,37-,38+,41-,42+,43-/m1/s1. The number of likely N-dealkylation sites (N-methyl/N-ethyl adjacent to an activating group) is 1. The van der Waals surface area contributed by atoms with Crippen molar-refractivity contribution >= 4 is 34.5 Å². The van der Waals surface area contributed by atoms with Crippen LogP contribution in [0, 0.1) is 29.6 Å². The molecule has 0 unspecified atom stereocenters. The van der Waals surface area contributed by atoms with Crippen molar-refractivity contribution in [3.8, 4) is 11.8 Å². The predicted molar refractivity (Wildman–Crippen MR) is 214 cm³/mol. The van der Waals surface area contributed by atoms with E-state index in [0.29, 0.717) is 28.6 Å². The van der Waals surface area contributed by atoms with E-state index in [4.69, 9.17) is 33.3 Å². The molecule has 0 radical (unpaired) electrons. The number of aliphatic hydroxyl groups is 1. The summed E-state index contributed by atoms with van der Waals surface area (Å²) in [5, 5.41) is 16.5. The number of ether oxygens (including phenoxy) is 6. The molecule has 59 heavy (non-hydrogen) atoms. The van der Waals surface area contributed by atoms with Crippen LogP contribution in [0.3, 0.4) is 0 Å². The normalized spacial score (nSPS) is 37.8. The van der Waals surface area contributed by atoms with E-state index in [0.717, 1.165) is 6.92 Å². The van der Waals surface area contributed by atoms with E-state index < -0.39 is 83.2 Å². The molecule has 1 aromatic heterocycles. The Hall–Kier alpha value is -4.40. The molecule has 0 spiro atoms. The second-order valence-electron chi connectivity index (χ2n) is 16.8. The summed E-state index contributed by atoms with van der Waals surface area (Å²) in [4.78, 5) is 64.0. The first-order valence-corrected chi connectivity index (χ1v) is 20.0. The highest BCUT2D eigenvalue weighted by atomic mass is 19.1. The lowest BCUT2D eigenvalue weighted by Crippen LogP contribution is -2.61. The fourth-order valence-electron chi connectivity index (χ4n) is 8.76. The lowest BCUT2D eigenvalue weighted by molar-refractivity contribution is -0.295. The molecule has 1 aromatic carbocycles. The molecule has 0 saturated carbocycles. The van der Waals surface area contributed by atoms with Crippen LogP contribution in [-0.2, 0) is 42.8 Å². The minimum absolute atomic E-state index is 0.0618. The zero-order valence-electron chi connectivity index (χ0n) is 35.7. The van der Waals surface area contributed by atoms with Crippen LogP contribution in [0.5, 0.6) is 0 Å². The Morgan fingerprint density at radius 2 is 1.76 bits per heavy atom. The molecule has 2 aromatic rings. The molecule has 2 N–H and O–H groups in total. The van der Waals surface area contributed by atoms with Crippen molar-refractivity contribution in [2.45, 2.75) is 134 Å². The van der Waals surface area contributed by atoms with Crippen LogP contribution >= 0.6 is 0 Å². The highest BCUT2D eigenvalue weighted by Gasteiger charge is 2.60. The van der Waals surface area contributed by atoms with Gasteiger partial charge >= 0.3 is 12.1 Å². The molecule has 324 valence electrons.